The van der Waals surface area contributed by atoms with Crippen molar-refractivity contribution >= 4 is 5.91 Å². The summed E-state index contributed by atoms with van der Waals surface area (Å²) in [6.45, 7) is 4.71. The maximum atomic E-state index is 12.8. The van der Waals surface area contributed by atoms with Crippen LogP contribution in [0, 0.1) is 5.41 Å². The smallest absolute Gasteiger partial charge is 0.274 e. The number of methoxy groups -OCH3 is 1. The Bertz CT molecular complexity index is 781. The van der Waals surface area contributed by atoms with Crippen molar-refractivity contribution < 1.29 is 9.53 Å². The van der Waals surface area contributed by atoms with Crippen LogP contribution in [0.3, 0.4) is 0 Å². The molecule has 6 heteroatoms. The lowest BCUT2D eigenvalue weighted by Gasteiger charge is -2.40. The molecule has 3 heterocycles. The second-order valence-corrected chi connectivity index (χ2v) is 7.73. The average Bonchev–Trinajstić information content (AvgIpc) is 3.10. The van der Waals surface area contributed by atoms with E-state index in [4.69, 9.17) is 4.74 Å². The molecule has 1 aromatic heterocycles. The van der Waals surface area contributed by atoms with Gasteiger partial charge in [-0.3, -0.25) is 14.7 Å². The molecule has 2 aromatic rings. The SMILES string of the molecule is COc1ccc(CN2CC[C@]3(CCCN(C(=O)c4cnccn4)C3)C2)cc1. The Morgan fingerprint density at radius 2 is 2.00 bits per heavy atom. The van der Waals surface area contributed by atoms with Gasteiger partial charge >= 0.3 is 0 Å². The number of nitrogens with zero attached hydrogens (tertiary/aromatic N) is 4. The van der Waals surface area contributed by atoms with Crippen molar-refractivity contribution in [3.05, 3.63) is 54.1 Å². The van der Waals surface area contributed by atoms with Gasteiger partial charge in [-0.2, -0.15) is 0 Å². The summed E-state index contributed by atoms with van der Waals surface area (Å²) in [5, 5.41) is 0. The molecule has 2 fully saturated rings. The first-order valence-electron chi connectivity index (χ1n) is 9.58. The first kappa shape index (κ1) is 17.9. The number of amides is 1. The largest absolute Gasteiger partial charge is 0.497 e. The Morgan fingerprint density at radius 1 is 1.15 bits per heavy atom. The molecular weight excluding hydrogens is 340 g/mol. The van der Waals surface area contributed by atoms with Gasteiger partial charge in [-0.15, -0.1) is 0 Å². The van der Waals surface area contributed by atoms with Gasteiger partial charge in [-0.1, -0.05) is 12.1 Å². The maximum absolute atomic E-state index is 12.8. The van der Waals surface area contributed by atoms with Crippen LogP contribution in [0.25, 0.3) is 0 Å². The molecule has 6 nitrogen and oxygen atoms in total. The third kappa shape index (κ3) is 3.95. The predicted octanol–water partition coefficient (Wildman–Crippen LogP) is 2.61. The Balaban J connectivity index is 1.39. The van der Waals surface area contributed by atoms with Crippen LogP contribution < -0.4 is 4.74 Å². The molecule has 0 radical (unpaired) electrons. The predicted molar refractivity (Wildman–Crippen MR) is 102 cm³/mol. The summed E-state index contributed by atoms with van der Waals surface area (Å²) in [6, 6.07) is 8.30. The average molecular weight is 366 g/mol. The molecule has 1 aromatic carbocycles. The summed E-state index contributed by atoms with van der Waals surface area (Å²) in [6.07, 6.45) is 8.14. The van der Waals surface area contributed by atoms with Crippen molar-refractivity contribution in [2.24, 2.45) is 5.41 Å². The molecular formula is C21H26N4O2. The molecule has 0 N–H and O–H groups in total. The monoisotopic (exact) mass is 366 g/mol. The van der Waals surface area contributed by atoms with Crippen LogP contribution in [-0.2, 0) is 6.54 Å². The number of likely N-dealkylation sites (tertiary alicyclic amines) is 2. The van der Waals surface area contributed by atoms with Crippen molar-refractivity contribution in [2.75, 3.05) is 33.3 Å². The lowest BCUT2D eigenvalue weighted by Crippen LogP contribution is -2.47. The molecule has 2 saturated heterocycles. The standard InChI is InChI=1S/C21H26N4O2/c1-27-18-5-3-17(4-6-18)14-24-12-8-21(15-24)7-2-11-25(16-21)20(26)19-13-22-9-10-23-19/h3-6,9-10,13H,2,7-8,11-12,14-16H2,1H3/t21-/m1/s1. The summed E-state index contributed by atoms with van der Waals surface area (Å²) in [5.41, 5.74) is 1.96. The van der Waals surface area contributed by atoms with Gasteiger partial charge in [0.2, 0.25) is 0 Å². The molecule has 0 bridgehead atoms. The fraction of sp³-hybridized carbons (Fsp3) is 0.476. The number of carbonyl (C=O) groups excluding carboxylic acids is 1. The fourth-order valence-electron chi connectivity index (χ4n) is 4.44. The van der Waals surface area contributed by atoms with Crippen LogP contribution in [0.15, 0.2) is 42.9 Å². The highest BCUT2D eigenvalue weighted by Crippen LogP contribution is 2.39. The van der Waals surface area contributed by atoms with E-state index in [1.54, 1.807) is 25.7 Å². The molecule has 4 rings (SSSR count). The summed E-state index contributed by atoms with van der Waals surface area (Å²) in [4.78, 5) is 25.5. The van der Waals surface area contributed by atoms with Gasteiger partial charge in [0.05, 0.1) is 13.3 Å². The van der Waals surface area contributed by atoms with Crippen molar-refractivity contribution in [3.8, 4) is 5.75 Å². The number of aromatic nitrogens is 2. The van der Waals surface area contributed by atoms with Crippen LogP contribution >= 0.6 is 0 Å². The molecule has 2 aliphatic heterocycles. The summed E-state index contributed by atoms with van der Waals surface area (Å²) < 4.78 is 5.24. The van der Waals surface area contributed by atoms with Crippen LogP contribution in [-0.4, -0.2) is 59.0 Å². The molecule has 2 aliphatic rings. The Labute approximate surface area is 160 Å². The number of hydrogen-bond donors (Lipinski definition) is 0. The zero-order valence-electron chi connectivity index (χ0n) is 15.8. The maximum Gasteiger partial charge on any atom is 0.274 e. The number of ether oxygens (including phenoxy) is 1. The minimum Gasteiger partial charge on any atom is -0.497 e. The number of hydrogen-bond acceptors (Lipinski definition) is 5. The van der Waals surface area contributed by atoms with Gasteiger partial charge in [-0.25, -0.2) is 4.98 Å². The van der Waals surface area contributed by atoms with E-state index in [0.717, 1.165) is 51.3 Å². The molecule has 1 spiro atoms. The second-order valence-electron chi connectivity index (χ2n) is 7.73. The number of rotatable bonds is 4. The van der Waals surface area contributed by atoms with Gasteiger partial charge in [0, 0.05) is 44.0 Å². The first-order chi connectivity index (χ1) is 13.2. The van der Waals surface area contributed by atoms with Crippen LogP contribution in [0.2, 0.25) is 0 Å². The van der Waals surface area contributed by atoms with Crippen molar-refractivity contribution in [1.29, 1.82) is 0 Å². The molecule has 142 valence electrons. The number of benzene rings is 1. The van der Waals surface area contributed by atoms with E-state index < -0.39 is 0 Å². The first-order valence-corrected chi connectivity index (χ1v) is 9.58. The Morgan fingerprint density at radius 3 is 2.74 bits per heavy atom. The van der Waals surface area contributed by atoms with Crippen molar-refractivity contribution in [3.63, 3.8) is 0 Å². The highest BCUT2D eigenvalue weighted by atomic mass is 16.5. The van der Waals surface area contributed by atoms with Gasteiger partial charge in [0.25, 0.3) is 5.91 Å². The molecule has 0 saturated carbocycles. The van der Waals surface area contributed by atoms with Gasteiger partial charge in [0.1, 0.15) is 11.4 Å². The highest BCUT2D eigenvalue weighted by Gasteiger charge is 2.42. The number of piperidine rings is 1. The van der Waals surface area contributed by atoms with E-state index in [2.05, 4.69) is 27.0 Å². The van der Waals surface area contributed by atoms with E-state index in [-0.39, 0.29) is 11.3 Å². The normalized spacial score (nSPS) is 22.9. The van der Waals surface area contributed by atoms with E-state index >= 15 is 0 Å². The van der Waals surface area contributed by atoms with Crippen molar-refractivity contribution in [2.45, 2.75) is 25.8 Å². The number of carbonyl (C=O) groups is 1. The molecule has 1 atom stereocenters. The van der Waals surface area contributed by atoms with Crippen LogP contribution in [0.5, 0.6) is 5.75 Å². The minimum atomic E-state index is 0.00998. The summed E-state index contributed by atoms with van der Waals surface area (Å²) >= 11 is 0. The Hall–Kier alpha value is -2.47. The Kier molecular flexibility index (Phi) is 5.07. The fourth-order valence-corrected chi connectivity index (χ4v) is 4.44. The lowest BCUT2D eigenvalue weighted by atomic mass is 9.79. The molecule has 0 unspecified atom stereocenters. The van der Waals surface area contributed by atoms with E-state index in [1.165, 1.54) is 12.0 Å². The molecule has 27 heavy (non-hydrogen) atoms. The zero-order chi connectivity index (χ0) is 18.7. The van der Waals surface area contributed by atoms with Crippen LogP contribution in [0.1, 0.15) is 35.3 Å². The molecule has 0 aliphatic carbocycles. The highest BCUT2D eigenvalue weighted by molar-refractivity contribution is 5.92. The second kappa shape index (κ2) is 7.64. The zero-order valence-corrected chi connectivity index (χ0v) is 15.8. The van der Waals surface area contributed by atoms with Gasteiger partial charge < -0.3 is 9.64 Å². The lowest BCUT2D eigenvalue weighted by molar-refractivity contribution is 0.0521. The topological polar surface area (TPSA) is 58.6 Å². The van der Waals surface area contributed by atoms with Gasteiger partial charge in [-0.05, 0) is 43.5 Å². The van der Waals surface area contributed by atoms with E-state index in [9.17, 15) is 4.79 Å². The van der Waals surface area contributed by atoms with Crippen LogP contribution in [0.4, 0.5) is 0 Å². The summed E-state index contributed by atoms with van der Waals surface area (Å²) in [7, 11) is 1.69. The van der Waals surface area contributed by atoms with E-state index in [1.807, 2.05) is 17.0 Å². The quantitative estimate of drug-likeness (QED) is 0.832. The van der Waals surface area contributed by atoms with Crippen molar-refractivity contribution in [1.82, 2.24) is 19.8 Å². The minimum absolute atomic E-state index is 0.00998. The third-order valence-corrected chi connectivity index (χ3v) is 5.81. The molecule has 1 amide bonds. The van der Waals surface area contributed by atoms with Gasteiger partial charge in [0.15, 0.2) is 0 Å². The third-order valence-electron chi connectivity index (χ3n) is 5.81. The van der Waals surface area contributed by atoms with E-state index in [0.29, 0.717) is 5.69 Å². The summed E-state index contributed by atoms with van der Waals surface area (Å²) in [5.74, 6) is 0.901.